The van der Waals surface area contributed by atoms with Gasteiger partial charge in [-0.25, -0.2) is 0 Å². The molecule has 23 heavy (non-hydrogen) atoms. The van der Waals surface area contributed by atoms with Gasteiger partial charge in [-0.05, 0) is 12.1 Å². The largest absolute Gasteiger partial charge is 0.454 e. The summed E-state index contributed by atoms with van der Waals surface area (Å²) in [6.07, 6.45) is 0.286. The summed E-state index contributed by atoms with van der Waals surface area (Å²) in [4.78, 5) is 27.5. The van der Waals surface area contributed by atoms with Gasteiger partial charge in [0.25, 0.3) is 0 Å². The smallest absolute Gasteiger partial charge is 0.231 e. The number of ether oxygens (including phenoxy) is 3. The summed E-state index contributed by atoms with van der Waals surface area (Å²) in [5.41, 5.74) is 0.705. The number of amides is 2. The van der Waals surface area contributed by atoms with Gasteiger partial charge in [-0.1, -0.05) is 0 Å². The van der Waals surface area contributed by atoms with E-state index in [1.165, 1.54) is 6.92 Å². The number of hydrogen-bond donors (Lipinski definition) is 0. The van der Waals surface area contributed by atoms with Crippen molar-refractivity contribution in [3.63, 3.8) is 0 Å². The van der Waals surface area contributed by atoms with E-state index < -0.39 is 0 Å². The second-order valence-corrected chi connectivity index (χ2v) is 5.45. The fourth-order valence-corrected chi connectivity index (χ4v) is 2.70. The summed E-state index contributed by atoms with van der Waals surface area (Å²) in [5.74, 6) is 1.22. The highest BCUT2D eigenvalue weighted by atomic mass is 16.7. The summed E-state index contributed by atoms with van der Waals surface area (Å²) in [7, 11) is 0. The lowest BCUT2D eigenvalue weighted by Gasteiger charge is -2.28. The van der Waals surface area contributed by atoms with E-state index in [0.29, 0.717) is 50.0 Å². The zero-order valence-corrected chi connectivity index (χ0v) is 13.1. The van der Waals surface area contributed by atoms with Crippen LogP contribution in [0.15, 0.2) is 18.2 Å². The van der Waals surface area contributed by atoms with Gasteiger partial charge in [0.15, 0.2) is 11.5 Å². The third-order valence-corrected chi connectivity index (χ3v) is 3.96. The van der Waals surface area contributed by atoms with Crippen LogP contribution >= 0.6 is 0 Å². The fraction of sp³-hybridized carbons (Fsp3) is 0.500. The van der Waals surface area contributed by atoms with Gasteiger partial charge in [0.2, 0.25) is 18.6 Å². The molecule has 1 fully saturated rings. The van der Waals surface area contributed by atoms with Crippen molar-refractivity contribution in [3.8, 4) is 11.5 Å². The Morgan fingerprint density at radius 2 is 1.91 bits per heavy atom. The van der Waals surface area contributed by atoms with Crippen LogP contribution in [0.4, 0.5) is 5.69 Å². The minimum atomic E-state index is -0.112. The van der Waals surface area contributed by atoms with Crippen LogP contribution in [0.1, 0.15) is 13.3 Å². The van der Waals surface area contributed by atoms with Crippen LogP contribution in [-0.4, -0.2) is 56.4 Å². The topological polar surface area (TPSA) is 68.3 Å². The first kappa shape index (κ1) is 15.6. The van der Waals surface area contributed by atoms with E-state index in [1.54, 1.807) is 28.0 Å². The molecule has 7 heteroatoms. The summed E-state index contributed by atoms with van der Waals surface area (Å²) < 4.78 is 15.9. The van der Waals surface area contributed by atoms with Crippen molar-refractivity contribution in [3.05, 3.63) is 18.2 Å². The maximum Gasteiger partial charge on any atom is 0.231 e. The normalized spacial score (nSPS) is 16.3. The highest BCUT2D eigenvalue weighted by molar-refractivity contribution is 5.92. The van der Waals surface area contributed by atoms with Gasteiger partial charge in [0, 0.05) is 44.7 Å². The third-order valence-electron chi connectivity index (χ3n) is 3.96. The van der Waals surface area contributed by atoms with Gasteiger partial charge in [0.05, 0.1) is 13.2 Å². The molecule has 2 aliphatic rings. The monoisotopic (exact) mass is 320 g/mol. The maximum absolute atomic E-state index is 12.2. The third kappa shape index (κ3) is 3.56. The number of morpholine rings is 1. The second-order valence-electron chi connectivity index (χ2n) is 5.45. The molecule has 1 saturated heterocycles. The van der Waals surface area contributed by atoms with Crippen molar-refractivity contribution in [1.82, 2.24) is 4.90 Å². The Morgan fingerprint density at radius 1 is 1.17 bits per heavy atom. The molecule has 0 bridgehead atoms. The number of carbonyl (C=O) groups excluding carboxylic acids is 2. The summed E-state index contributed by atoms with van der Waals surface area (Å²) in [6, 6.07) is 5.34. The molecule has 0 aromatic heterocycles. The lowest BCUT2D eigenvalue weighted by molar-refractivity contribution is -0.135. The molecular weight excluding hydrogens is 300 g/mol. The van der Waals surface area contributed by atoms with Crippen molar-refractivity contribution in [2.24, 2.45) is 0 Å². The standard InChI is InChI=1S/C16H20N2O5/c1-12(19)18(5-4-16(20)17-6-8-21-9-7-17)13-2-3-14-15(10-13)23-11-22-14/h2-3,10H,4-9,11H2,1H3. The van der Waals surface area contributed by atoms with Crippen molar-refractivity contribution >= 4 is 17.5 Å². The van der Waals surface area contributed by atoms with Crippen molar-refractivity contribution in [1.29, 1.82) is 0 Å². The first-order valence-corrected chi connectivity index (χ1v) is 7.68. The zero-order chi connectivity index (χ0) is 16.2. The molecule has 0 atom stereocenters. The molecule has 2 heterocycles. The van der Waals surface area contributed by atoms with Gasteiger partial charge in [-0.2, -0.15) is 0 Å². The van der Waals surface area contributed by atoms with E-state index in [1.807, 2.05) is 0 Å². The van der Waals surface area contributed by atoms with Crippen LogP contribution in [0.3, 0.4) is 0 Å². The fourth-order valence-electron chi connectivity index (χ4n) is 2.70. The molecule has 1 aromatic carbocycles. The molecule has 124 valence electrons. The lowest BCUT2D eigenvalue weighted by Crippen LogP contribution is -2.42. The minimum absolute atomic E-state index is 0.0419. The van der Waals surface area contributed by atoms with Crippen LogP contribution in [-0.2, 0) is 14.3 Å². The lowest BCUT2D eigenvalue weighted by atomic mass is 10.2. The second kappa shape index (κ2) is 6.87. The average Bonchev–Trinajstić information content (AvgIpc) is 3.03. The molecule has 2 aliphatic heterocycles. The van der Waals surface area contributed by atoms with E-state index >= 15 is 0 Å². The predicted octanol–water partition coefficient (Wildman–Crippen LogP) is 1.02. The summed E-state index contributed by atoms with van der Waals surface area (Å²) in [5, 5.41) is 0. The van der Waals surface area contributed by atoms with E-state index in [4.69, 9.17) is 14.2 Å². The van der Waals surface area contributed by atoms with Crippen LogP contribution in [0.2, 0.25) is 0 Å². The molecule has 0 radical (unpaired) electrons. The average molecular weight is 320 g/mol. The maximum atomic E-state index is 12.2. The van der Waals surface area contributed by atoms with E-state index in [-0.39, 0.29) is 25.0 Å². The van der Waals surface area contributed by atoms with Crippen LogP contribution in [0.5, 0.6) is 11.5 Å². The number of nitrogens with zero attached hydrogens (tertiary/aromatic N) is 2. The number of fused-ring (bicyclic) bond motifs is 1. The van der Waals surface area contributed by atoms with Gasteiger partial charge >= 0.3 is 0 Å². The van der Waals surface area contributed by atoms with E-state index in [9.17, 15) is 9.59 Å². The molecular formula is C16H20N2O5. The number of rotatable bonds is 4. The molecule has 0 unspecified atom stereocenters. The SMILES string of the molecule is CC(=O)N(CCC(=O)N1CCOCC1)c1ccc2c(c1)OCO2. The van der Waals surface area contributed by atoms with Crippen LogP contribution in [0, 0.1) is 0 Å². The number of carbonyl (C=O) groups is 2. The summed E-state index contributed by atoms with van der Waals surface area (Å²) in [6.45, 7) is 4.39. The van der Waals surface area contributed by atoms with Crippen molar-refractivity contribution in [2.75, 3.05) is 44.5 Å². The molecule has 1 aromatic rings. The van der Waals surface area contributed by atoms with Crippen molar-refractivity contribution in [2.45, 2.75) is 13.3 Å². The number of benzene rings is 1. The molecule has 2 amide bonds. The molecule has 0 saturated carbocycles. The zero-order valence-electron chi connectivity index (χ0n) is 13.1. The van der Waals surface area contributed by atoms with Crippen LogP contribution < -0.4 is 14.4 Å². The van der Waals surface area contributed by atoms with Gasteiger partial charge < -0.3 is 24.0 Å². The Balaban J connectivity index is 1.65. The van der Waals surface area contributed by atoms with Gasteiger partial charge in [0.1, 0.15) is 0 Å². The highest BCUT2D eigenvalue weighted by Gasteiger charge is 2.21. The summed E-state index contributed by atoms with van der Waals surface area (Å²) >= 11 is 0. The number of anilines is 1. The molecule has 0 aliphatic carbocycles. The van der Waals surface area contributed by atoms with Gasteiger partial charge in [-0.15, -0.1) is 0 Å². The van der Waals surface area contributed by atoms with E-state index in [0.717, 1.165) is 0 Å². The Morgan fingerprint density at radius 3 is 2.65 bits per heavy atom. The first-order chi connectivity index (χ1) is 11.1. The van der Waals surface area contributed by atoms with Crippen LogP contribution in [0.25, 0.3) is 0 Å². The molecule has 0 spiro atoms. The predicted molar refractivity (Wildman–Crippen MR) is 82.6 cm³/mol. The van der Waals surface area contributed by atoms with Crippen molar-refractivity contribution < 1.29 is 23.8 Å². The molecule has 7 nitrogen and oxygen atoms in total. The Hall–Kier alpha value is -2.28. The number of hydrogen-bond acceptors (Lipinski definition) is 5. The first-order valence-electron chi connectivity index (χ1n) is 7.68. The molecule has 0 N–H and O–H groups in total. The Kier molecular flexibility index (Phi) is 4.66. The molecule has 3 rings (SSSR count). The highest BCUT2D eigenvalue weighted by Crippen LogP contribution is 2.35. The van der Waals surface area contributed by atoms with Gasteiger partial charge in [-0.3, -0.25) is 9.59 Å². The quantitative estimate of drug-likeness (QED) is 0.828. The minimum Gasteiger partial charge on any atom is -0.454 e. The van der Waals surface area contributed by atoms with E-state index in [2.05, 4.69) is 0 Å². The Labute approximate surface area is 134 Å². The Bertz CT molecular complexity index is 598.